The molecule has 0 aromatic heterocycles. The fraction of sp³-hybridized carbons (Fsp3) is 0.867. The molecule has 0 amide bonds. The van der Waals surface area contributed by atoms with Crippen molar-refractivity contribution in [1.82, 2.24) is 0 Å². The number of halogens is 6. The Bertz CT molecular complexity index is 471. The maximum Gasteiger partial charge on any atom is 0.426 e. The molecule has 2 saturated heterocycles. The van der Waals surface area contributed by atoms with E-state index in [9.17, 15) is 26.3 Å². The molecule has 132 valence electrons. The molecule has 4 aliphatic rings. The van der Waals surface area contributed by atoms with E-state index < -0.39 is 36.1 Å². The molecule has 0 radical (unpaired) electrons. The van der Waals surface area contributed by atoms with Crippen LogP contribution in [-0.4, -0.2) is 30.2 Å². The minimum atomic E-state index is -5.55. The van der Waals surface area contributed by atoms with Crippen molar-refractivity contribution >= 4 is 0 Å². The standard InChI is InChI=1S/C15H18F6O2/c1-3-22-12-10-6-9-4-8(7(10)2)5-11(12)13(23-9,14(16,17)18)15(19,20)21/h3,7-12H,1,4-6H2,2H3. The zero-order chi connectivity index (χ0) is 17.2. The lowest BCUT2D eigenvalue weighted by atomic mass is 9.58. The van der Waals surface area contributed by atoms with E-state index in [4.69, 9.17) is 9.47 Å². The zero-order valence-electron chi connectivity index (χ0n) is 12.5. The van der Waals surface area contributed by atoms with Gasteiger partial charge in [-0.15, -0.1) is 0 Å². The van der Waals surface area contributed by atoms with E-state index in [2.05, 4.69) is 6.58 Å². The summed E-state index contributed by atoms with van der Waals surface area (Å²) in [6.45, 7) is 5.18. The van der Waals surface area contributed by atoms with Gasteiger partial charge in [-0.1, -0.05) is 13.5 Å². The van der Waals surface area contributed by atoms with Crippen molar-refractivity contribution in [3.63, 3.8) is 0 Å². The summed E-state index contributed by atoms with van der Waals surface area (Å²) in [6.07, 6.45) is -12.2. The van der Waals surface area contributed by atoms with Gasteiger partial charge >= 0.3 is 12.4 Å². The topological polar surface area (TPSA) is 18.5 Å². The van der Waals surface area contributed by atoms with Crippen LogP contribution in [0, 0.1) is 23.7 Å². The molecule has 0 aromatic rings. The van der Waals surface area contributed by atoms with E-state index in [0.717, 1.165) is 6.26 Å². The second-order valence-electron chi connectivity index (χ2n) is 6.84. The fourth-order valence-electron chi connectivity index (χ4n) is 4.88. The molecular formula is C15H18F6O2. The van der Waals surface area contributed by atoms with Crippen LogP contribution in [0.3, 0.4) is 0 Å². The molecule has 2 saturated carbocycles. The summed E-state index contributed by atoms with van der Waals surface area (Å²) in [6, 6.07) is 0. The zero-order valence-corrected chi connectivity index (χ0v) is 12.5. The fourth-order valence-corrected chi connectivity index (χ4v) is 4.88. The molecule has 0 aromatic carbocycles. The van der Waals surface area contributed by atoms with Gasteiger partial charge in [0.25, 0.3) is 5.60 Å². The van der Waals surface area contributed by atoms with Crippen LogP contribution in [0.2, 0.25) is 0 Å². The van der Waals surface area contributed by atoms with E-state index in [1.165, 1.54) is 0 Å². The third-order valence-corrected chi connectivity index (χ3v) is 5.87. The quantitative estimate of drug-likeness (QED) is 0.544. The van der Waals surface area contributed by atoms with Crippen molar-refractivity contribution in [3.05, 3.63) is 12.8 Å². The van der Waals surface area contributed by atoms with Crippen molar-refractivity contribution < 1.29 is 35.8 Å². The van der Waals surface area contributed by atoms with Gasteiger partial charge in [-0.25, -0.2) is 0 Å². The molecular weight excluding hydrogens is 326 g/mol. The summed E-state index contributed by atoms with van der Waals surface area (Å²) in [5, 5.41) is 0. The SMILES string of the molecule is C=COC1C2CC3CC(CC1C(C(F)(F)F)(C(F)(F)F)O3)C2C. The second kappa shape index (κ2) is 5.04. The van der Waals surface area contributed by atoms with Gasteiger partial charge < -0.3 is 9.47 Å². The molecule has 23 heavy (non-hydrogen) atoms. The normalized spacial score (nSPS) is 42.4. The minimum absolute atomic E-state index is 0.00770. The van der Waals surface area contributed by atoms with Crippen LogP contribution in [0.15, 0.2) is 12.8 Å². The van der Waals surface area contributed by atoms with Gasteiger partial charge in [-0.3, -0.25) is 0 Å². The van der Waals surface area contributed by atoms with Gasteiger partial charge in [0, 0.05) is 11.8 Å². The molecule has 8 heteroatoms. The Balaban J connectivity index is 2.17. The third kappa shape index (κ3) is 2.20. The molecule has 2 aliphatic carbocycles. The van der Waals surface area contributed by atoms with Gasteiger partial charge in [0.1, 0.15) is 6.10 Å². The first kappa shape index (κ1) is 16.9. The van der Waals surface area contributed by atoms with Crippen LogP contribution in [0.4, 0.5) is 26.3 Å². The molecule has 0 N–H and O–H groups in total. The summed E-state index contributed by atoms with van der Waals surface area (Å²) in [5.74, 6) is -2.39. The first-order valence-electron chi connectivity index (χ1n) is 7.60. The molecule has 4 bridgehead atoms. The van der Waals surface area contributed by atoms with Crippen LogP contribution in [-0.2, 0) is 9.47 Å². The third-order valence-electron chi connectivity index (χ3n) is 5.87. The lowest BCUT2D eigenvalue weighted by Gasteiger charge is -2.49. The Labute approximate surface area is 129 Å². The van der Waals surface area contributed by atoms with E-state index in [1.54, 1.807) is 0 Å². The lowest BCUT2D eigenvalue weighted by molar-refractivity contribution is -0.406. The average Bonchev–Trinajstić information content (AvgIpc) is 2.60. The van der Waals surface area contributed by atoms with E-state index in [-0.39, 0.29) is 37.0 Å². The number of hydrogen-bond donors (Lipinski definition) is 0. The smallest absolute Gasteiger partial charge is 0.426 e. The highest BCUT2D eigenvalue weighted by Crippen LogP contribution is 2.63. The number of alkyl halides is 6. The van der Waals surface area contributed by atoms with Crippen LogP contribution in [0.1, 0.15) is 26.2 Å². The summed E-state index contributed by atoms with van der Waals surface area (Å²) in [5.41, 5.74) is -4.16. The van der Waals surface area contributed by atoms with E-state index in [0.29, 0.717) is 0 Å². The highest BCUT2D eigenvalue weighted by molar-refractivity contribution is 5.13. The molecule has 2 heterocycles. The number of rotatable bonds is 2. The monoisotopic (exact) mass is 344 g/mol. The van der Waals surface area contributed by atoms with Gasteiger partial charge in [0.2, 0.25) is 0 Å². The highest BCUT2D eigenvalue weighted by Gasteiger charge is 2.80. The highest BCUT2D eigenvalue weighted by atomic mass is 19.4. The molecule has 4 rings (SSSR count). The average molecular weight is 344 g/mol. The Morgan fingerprint density at radius 3 is 2.22 bits per heavy atom. The van der Waals surface area contributed by atoms with Gasteiger partial charge in [-0.05, 0) is 31.1 Å². The van der Waals surface area contributed by atoms with Crippen molar-refractivity contribution in [2.45, 2.75) is 56.3 Å². The first-order chi connectivity index (χ1) is 10.5. The molecule has 0 spiro atoms. The Hall–Kier alpha value is -0.920. The van der Waals surface area contributed by atoms with Crippen LogP contribution in [0.5, 0.6) is 0 Å². The number of hydrogen-bond acceptors (Lipinski definition) is 2. The molecule has 4 fully saturated rings. The maximum atomic E-state index is 13.6. The summed E-state index contributed by atoms with van der Waals surface area (Å²) in [7, 11) is 0. The van der Waals surface area contributed by atoms with E-state index in [1.807, 2.05) is 6.92 Å². The van der Waals surface area contributed by atoms with Crippen LogP contribution in [0.25, 0.3) is 0 Å². The molecule has 2 nitrogen and oxygen atoms in total. The summed E-state index contributed by atoms with van der Waals surface area (Å²) in [4.78, 5) is 0. The predicted octanol–water partition coefficient (Wildman–Crippen LogP) is 4.46. The number of fused-ring (bicyclic) bond motifs is 1. The minimum Gasteiger partial charge on any atom is -0.498 e. The van der Waals surface area contributed by atoms with Gasteiger partial charge in [0.15, 0.2) is 0 Å². The van der Waals surface area contributed by atoms with Crippen molar-refractivity contribution in [3.8, 4) is 0 Å². The Kier molecular flexibility index (Phi) is 3.71. The molecule has 6 unspecified atom stereocenters. The van der Waals surface area contributed by atoms with Crippen molar-refractivity contribution in [2.75, 3.05) is 0 Å². The lowest BCUT2D eigenvalue weighted by Crippen LogP contribution is -2.66. The first-order valence-corrected chi connectivity index (χ1v) is 7.60. The predicted molar refractivity (Wildman–Crippen MR) is 68.3 cm³/mol. The Morgan fingerprint density at radius 2 is 1.70 bits per heavy atom. The van der Waals surface area contributed by atoms with Crippen LogP contribution < -0.4 is 0 Å². The van der Waals surface area contributed by atoms with Crippen molar-refractivity contribution in [2.24, 2.45) is 23.7 Å². The second-order valence-corrected chi connectivity index (χ2v) is 6.84. The van der Waals surface area contributed by atoms with Crippen LogP contribution >= 0.6 is 0 Å². The van der Waals surface area contributed by atoms with Crippen molar-refractivity contribution in [1.29, 1.82) is 0 Å². The molecule has 6 atom stereocenters. The van der Waals surface area contributed by atoms with Gasteiger partial charge in [0.05, 0.1) is 12.4 Å². The van der Waals surface area contributed by atoms with Gasteiger partial charge in [-0.2, -0.15) is 26.3 Å². The van der Waals surface area contributed by atoms with E-state index >= 15 is 0 Å². The molecule has 2 aliphatic heterocycles. The maximum absolute atomic E-state index is 13.6. The largest absolute Gasteiger partial charge is 0.498 e. The summed E-state index contributed by atoms with van der Waals surface area (Å²) < 4.78 is 91.8. The Morgan fingerprint density at radius 1 is 1.09 bits per heavy atom. The number of ether oxygens (including phenoxy) is 2. The summed E-state index contributed by atoms with van der Waals surface area (Å²) >= 11 is 0.